The van der Waals surface area contributed by atoms with E-state index in [4.69, 9.17) is 0 Å². The first kappa shape index (κ1) is 42.9. The Hall–Kier alpha value is -9.76. The van der Waals surface area contributed by atoms with Crippen molar-refractivity contribution >= 4 is 43.6 Å². The van der Waals surface area contributed by atoms with Gasteiger partial charge in [0.2, 0.25) is 0 Å². The lowest BCUT2D eigenvalue weighted by molar-refractivity contribution is 0.769. The van der Waals surface area contributed by atoms with Crippen LogP contribution in [-0.4, -0.2) is 9.13 Å². The molecule has 2 nitrogen and oxygen atoms in total. The van der Waals surface area contributed by atoms with E-state index in [1.54, 1.807) is 0 Å². The Morgan fingerprint density at radius 2 is 0.560 bits per heavy atom. The highest BCUT2D eigenvalue weighted by atomic mass is 15.0. The molecule has 350 valence electrons. The van der Waals surface area contributed by atoms with Crippen molar-refractivity contribution in [2.45, 2.75) is 5.41 Å². The van der Waals surface area contributed by atoms with Crippen molar-refractivity contribution in [1.29, 1.82) is 0 Å². The highest BCUT2D eigenvalue weighted by Crippen LogP contribution is 2.56. The van der Waals surface area contributed by atoms with Crippen molar-refractivity contribution in [3.05, 3.63) is 313 Å². The molecule has 0 bridgehead atoms. The van der Waals surface area contributed by atoms with E-state index in [0.29, 0.717) is 0 Å². The summed E-state index contributed by atoms with van der Waals surface area (Å²) >= 11 is 0. The Bertz CT molecular complexity index is 4440. The maximum absolute atomic E-state index is 2.41. The molecule has 0 N–H and O–H groups in total. The molecule has 12 aromatic carbocycles. The van der Waals surface area contributed by atoms with Gasteiger partial charge in [-0.15, -0.1) is 0 Å². The number of aromatic nitrogens is 2. The summed E-state index contributed by atoms with van der Waals surface area (Å²) in [5.74, 6) is 0. The zero-order chi connectivity index (χ0) is 49.5. The molecule has 0 aliphatic heterocycles. The van der Waals surface area contributed by atoms with Crippen LogP contribution in [0.25, 0.3) is 111 Å². The van der Waals surface area contributed by atoms with Crippen LogP contribution in [0.15, 0.2) is 291 Å². The fourth-order valence-corrected chi connectivity index (χ4v) is 12.6. The molecule has 0 saturated heterocycles. The Labute approximate surface area is 436 Å². The van der Waals surface area contributed by atoms with E-state index in [2.05, 4.69) is 300 Å². The van der Waals surface area contributed by atoms with E-state index in [-0.39, 0.29) is 0 Å². The first-order valence-electron chi connectivity index (χ1n) is 26.0. The summed E-state index contributed by atoms with van der Waals surface area (Å²) in [6.07, 6.45) is 0. The summed E-state index contributed by atoms with van der Waals surface area (Å²) in [5.41, 5.74) is 24.1. The molecule has 0 fully saturated rings. The highest BCUT2D eigenvalue weighted by molar-refractivity contribution is 6.13. The van der Waals surface area contributed by atoms with Gasteiger partial charge in [-0.3, -0.25) is 0 Å². The summed E-state index contributed by atoms with van der Waals surface area (Å²) in [6, 6.07) is 107. The predicted octanol–water partition coefficient (Wildman–Crippen LogP) is 18.9. The zero-order valence-corrected chi connectivity index (χ0v) is 41.1. The van der Waals surface area contributed by atoms with Gasteiger partial charge in [0.1, 0.15) is 0 Å². The lowest BCUT2D eigenvalue weighted by Gasteiger charge is -2.34. The molecular formula is C73H48N2. The lowest BCUT2D eigenvalue weighted by Crippen LogP contribution is -2.28. The SMILES string of the molecule is c1ccc(-c2ccc(-n3c4ccccc4c4cc(-c5ccc6c(c5)c5ccccc5n6-c5ccc(-c6ccc(-c7cccc(C8(c9ccccc9)c9ccccc9-c9ccccc98)c7)cc6)cc5)ccc43)cc2)cc1. The number of hydrogen-bond donors (Lipinski definition) is 0. The second kappa shape index (κ2) is 17.2. The van der Waals surface area contributed by atoms with Gasteiger partial charge in [-0.05, 0) is 145 Å². The molecule has 1 aliphatic rings. The second-order valence-electron chi connectivity index (χ2n) is 20.0. The Balaban J connectivity index is 0.746. The minimum absolute atomic E-state index is 0.429. The van der Waals surface area contributed by atoms with Crippen LogP contribution in [0.4, 0.5) is 0 Å². The topological polar surface area (TPSA) is 9.86 Å². The van der Waals surface area contributed by atoms with E-state index in [1.165, 1.54) is 122 Å². The largest absolute Gasteiger partial charge is 0.309 e. The van der Waals surface area contributed by atoms with Gasteiger partial charge < -0.3 is 9.13 Å². The summed E-state index contributed by atoms with van der Waals surface area (Å²) in [7, 11) is 0. The van der Waals surface area contributed by atoms with E-state index in [1.807, 2.05) is 0 Å². The number of benzene rings is 12. The van der Waals surface area contributed by atoms with Gasteiger partial charge in [0, 0.05) is 32.9 Å². The average Bonchev–Trinajstić information content (AvgIpc) is 4.23. The predicted molar refractivity (Wildman–Crippen MR) is 314 cm³/mol. The van der Waals surface area contributed by atoms with E-state index < -0.39 is 5.41 Å². The smallest absolute Gasteiger partial charge is 0.0713 e. The van der Waals surface area contributed by atoms with Crippen LogP contribution < -0.4 is 0 Å². The molecule has 0 saturated carbocycles. The zero-order valence-electron chi connectivity index (χ0n) is 41.1. The van der Waals surface area contributed by atoms with Crippen molar-refractivity contribution in [3.8, 4) is 67.0 Å². The number of para-hydroxylation sites is 2. The maximum atomic E-state index is 2.41. The summed E-state index contributed by atoms with van der Waals surface area (Å²) in [6.45, 7) is 0. The van der Waals surface area contributed by atoms with Gasteiger partial charge in [-0.1, -0.05) is 224 Å². The molecule has 0 radical (unpaired) electrons. The van der Waals surface area contributed by atoms with Gasteiger partial charge in [-0.25, -0.2) is 0 Å². The van der Waals surface area contributed by atoms with Crippen molar-refractivity contribution in [1.82, 2.24) is 9.13 Å². The first-order chi connectivity index (χ1) is 37.2. The van der Waals surface area contributed by atoms with Gasteiger partial charge in [0.15, 0.2) is 0 Å². The Kier molecular flexibility index (Phi) is 9.83. The quantitative estimate of drug-likeness (QED) is 0.144. The standard InChI is InChI=1S/C73H48N2/c1-3-16-49(17-4-1)51-34-40-59(41-35-51)74-69-28-13-9-24-63(69)65-47-55(38-44-71(65)74)56-39-45-72-66(48-56)64-25-10-14-29-70(64)75(72)60-42-36-52(37-43-60)50-30-32-53(33-31-50)54-18-15-21-58(46-54)73(57-19-5-2-6-20-57)67-26-11-7-22-61(67)62-23-8-12-27-68(62)73/h1-48H. The van der Waals surface area contributed by atoms with Crippen LogP contribution in [0.5, 0.6) is 0 Å². The molecule has 0 unspecified atom stereocenters. The molecule has 0 atom stereocenters. The lowest BCUT2D eigenvalue weighted by atomic mass is 9.67. The second-order valence-corrected chi connectivity index (χ2v) is 20.0. The highest BCUT2D eigenvalue weighted by Gasteiger charge is 2.45. The third-order valence-electron chi connectivity index (χ3n) is 16.0. The number of hydrogen-bond acceptors (Lipinski definition) is 0. The Morgan fingerprint density at radius 3 is 1.08 bits per heavy atom. The molecule has 75 heavy (non-hydrogen) atoms. The monoisotopic (exact) mass is 952 g/mol. The first-order valence-corrected chi connectivity index (χ1v) is 26.0. The van der Waals surface area contributed by atoms with Crippen LogP contribution >= 0.6 is 0 Å². The summed E-state index contributed by atoms with van der Waals surface area (Å²) in [5, 5.41) is 4.98. The van der Waals surface area contributed by atoms with E-state index >= 15 is 0 Å². The van der Waals surface area contributed by atoms with Gasteiger partial charge >= 0.3 is 0 Å². The summed E-state index contributed by atoms with van der Waals surface area (Å²) < 4.78 is 4.81. The van der Waals surface area contributed by atoms with E-state index in [0.717, 1.165) is 11.4 Å². The average molecular weight is 953 g/mol. The fourth-order valence-electron chi connectivity index (χ4n) is 12.6. The molecule has 2 heteroatoms. The molecule has 14 aromatic rings. The minimum Gasteiger partial charge on any atom is -0.309 e. The van der Waals surface area contributed by atoms with Crippen LogP contribution in [0, 0.1) is 0 Å². The molecule has 15 rings (SSSR count). The fraction of sp³-hybridized carbons (Fsp3) is 0.0137. The van der Waals surface area contributed by atoms with Crippen molar-refractivity contribution in [3.63, 3.8) is 0 Å². The normalized spacial score (nSPS) is 12.6. The van der Waals surface area contributed by atoms with Gasteiger partial charge in [0.25, 0.3) is 0 Å². The molecule has 2 aromatic heterocycles. The molecule has 0 amide bonds. The molecular weight excluding hydrogens is 905 g/mol. The number of nitrogens with zero attached hydrogens (tertiary/aromatic N) is 2. The van der Waals surface area contributed by atoms with Crippen molar-refractivity contribution in [2.75, 3.05) is 0 Å². The third-order valence-corrected chi connectivity index (χ3v) is 16.0. The van der Waals surface area contributed by atoms with Crippen molar-refractivity contribution < 1.29 is 0 Å². The van der Waals surface area contributed by atoms with Crippen LogP contribution in [0.2, 0.25) is 0 Å². The van der Waals surface area contributed by atoms with Gasteiger partial charge in [-0.2, -0.15) is 0 Å². The van der Waals surface area contributed by atoms with Crippen molar-refractivity contribution in [2.24, 2.45) is 0 Å². The molecule has 0 spiro atoms. The van der Waals surface area contributed by atoms with E-state index in [9.17, 15) is 0 Å². The van der Waals surface area contributed by atoms with Crippen LogP contribution in [0.1, 0.15) is 22.3 Å². The van der Waals surface area contributed by atoms with Crippen LogP contribution in [-0.2, 0) is 5.41 Å². The molecule has 2 heterocycles. The minimum atomic E-state index is -0.429. The third kappa shape index (κ3) is 6.73. The van der Waals surface area contributed by atoms with Gasteiger partial charge in [0.05, 0.1) is 27.5 Å². The Morgan fingerprint density at radius 1 is 0.213 bits per heavy atom. The van der Waals surface area contributed by atoms with Crippen LogP contribution in [0.3, 0.4) is 0 Å². The number of fused-ring (bicyclic) bond motifs is 9. The maximum Gasteiger partial charge on any atom is 0.0713 e. The summed E-state index contributed by atoms with van der Waals surface area (Å²) in [4.78, 5) is 0. The molecule has 1 aliphatic carbocycles. The number of rotatable bonds is 8.